The van der Waals surface area contributed by atoms with E-state index >= 15 is 0 Å². The molecule has 11 heteroatoms. The first-order valence-electron chi connectivity index (χ1n) is 12.1. The molecular weight excluding hydrogens is 528 g/mol. The van der Waals surface area contributed by atoms with E-state index in [1.54, 1.807) is 54.7 Å². The van der Waals surface area contributed by atoms with Gasteiger partial charge in [0.15, 0.2) is 0 Å². The highest BCUT2D eigenvalue weighted by atomic mass is 35.5. The van der Waals surface area contributed by atoms with Gasteiger partial charge in [-0.1, -0.05) is 35.9 Å². The van der Waals surface area contributed by atoms with Crippen LogP contribution in [-0.4, -0.2) is 56.0 Å². The predicted molar refractivity (Wildman–Crippen MR) is 144 cm³/mol. The number of pyridine rings is 1. The van der Waals surface area contributed by atoms with Crippen molar-refractivity contribution in [2.75, 3.05) is 32.0 Å². The summed E-state index contributed by atoms with van der Waals surface area (Å²) in [6, 6.07) is 14.0. The van der Waals surface area contributed by atoms with Crippen LogP contribution in [0.4, 0.5) is 5.82 Å². The number of nitrogens with one attached hydrogen (secondary N) is 1. The van der Waals surface area contributed by atoms with E-state index in [0.29, 0.717) is 67.0 Å². The Morgan fingerprint density at radius 2 is 1.97 bits per heavy atom. The number of halogens is 1. The number of amides is 1. The van der Waals surface area contributed by atoms with Crippen LogP contribution < -0.4 is 15.8 Å². The summed E-state index contributed by atoms with van der Waals surface area (Å²) in [5.41, 5.74) is 8.51. The molecule has 1 saturated heterocycles. The van der Waals surface area contributed by atoms with Gasteiger partial charge in [0.05, 0.1) is 23.1 Å². The Labute approximate surface area is 226 Å². The number of nitrogen functional groups attached to an aromatic ring is 1. The number of hydrogen-bond acceptors (Lipinski definition) is 7. The normalized spacial score (nSPS) is 17.8. The third-order valence-electron chi connectivity index (χ3n) is 6.37. The zero-order valence-electron chi connectivity index (χ0n) is 20.5. The van der Waals surface area contributed by atoms with E-state index in [0.717, 1.165) is 11.1 Å². The number of hydrogen-bond donors (Lipinski definition) is 2. The Hall–Kier alpha value is -3.44. The van der Waals surface area contributed by atoms with Crippen molar-refractivity contribution in [1.82, 2.24) is 14.6 Å². The molecule has 1 aromatic heterocycles. The monoisotopic (exact) mass is 554 g/mol. The lowest BCUT2D eigenvalue weighted by Crippen LogP contribution is -2.40. The summed E-state index contributed by atoms with van der Waals surface area (Å²) in [7, 11) is -3.71. The van der Waals surface area contributed by atoms with Crippen molar-refractivity contribution in [3.63, 3.8) is 0 Å². The van der Waals surface area contributed by atoms with Crippen LogP contribution >= 0.6 is 11.6 Å². The van der Waals surface area contributed by atoms with Crippen LogP contribution in [0.15, 0.2) is 71.8 Å². The average Bonchev–Trinajstić information content (AvgIpc) is 3.36. The second-order valence-electron chi connectivity index (χ2n) is 8.99. The minimum Gasteiger partial charge on any atom is -0.484 e. The zero-order valence-corrected chi connectivity index (χ0v) is 22.0. The molecule has 1 fully saturated rings. The average molecular weight is 555 g/mol. The quantitative estimate of drug-likeness (QED) is 0.430. The summed E-state index contributed by atoms with van der Waals surface area (Å²) in [4.78, 5) is 16.5. The van der Waals surface area contributed by atoms with Crippen LogP contribution in [0.25, 0.3) is 11.1 Å². The molecule has 0 bridgehead atoms. The number of nitrogens with zero attached hydrogens (tertiary/aromatic N) is 2. The molecule has 5 rings (SSSR count). The number of sulfonamides is 1. The lowest BCUT2D eigenvalue weighted by atomic mass is 10.0. The molecule has 38 heavy (non-hydrogen) atoms. The van der Waals surface area contributed by atoms with Gasteiger partial charge in [0.25, 0.3) is 0 Å². The lowest BCUT2D eigenvalue weighted by molar-refractivity contribution is -0.116. The molecule has 0 saturated carbocycles. The number of carbonyl (C=O) groups is 1. The molecule has 0 aliphatic carbocycles. The standard InChI is InChI=1S/C27H27ClN4O5S/c28-23-15-19(22-3-1-2-4-24(22)38(34,35)32-9-11-36-12-10-32)13-20-14-21(37-27(20)23)6-8-26(33)31-17-18-5-7-25(29)30-16-18/h1-8,13,15-16,21H,9-12,14,17H2,(H2,29,30)(H,31,33)/b8-6+. The number of morpholine rings is 1. The van der Waals surface area contributed by atoms with E-state index in [1.165, 1.54) is 10.4 Å². The van der Waals surface area contributed by atoms with Crippen molar-refractivity contribution in [3.8, 4) is 16.9 Å². The van der Waals surface area contributed by atoms with E-state index in [9.17, 15) is 13.2 Å². The number of aromatic nitrogens is 1. The highest BCUT2D eigenvalue weighted by Gasteiger charge is 2.30. The van der Waals surface area contributed by atoms with Crippen molar-refractivity contribution in [3.05, 3.63) is 83.0 Å². The van der Waals surface area contributed by atoms with E-state index in [4.69, 9.17) is 26.8 Å². The predicted octanol–water partition coefficient (Wildman–Crippen LogP) is 3.18. The molecule has 2 aliphatic rings. The highest BCUT2D eigenvalue weighted by Crippen LogP contribution is 2.41. The molecule has 198 valence electrons. The highest BCUT2D eigenvalue weighted by molar-refractivity contribution is 7.89. The summed E-state index contributed by atoms with van der Waals surface area (Å²) in [6.07, 6.45) is 4.84. The molecule has 0 spiro atoms. The lowest BCUT2D eigenvalue weighted by Gasteiger charge is -2.27. The van der Waals surface area contributed by atoms with Gasteiger partial charge in [0.2, 0.25) is 15.9 Å². The first-order valence-corrected chi connectivity index (χ1v) is 14.0. The topological polar surface area (TPSA) is 124 Å². The first kappa shape index (κ1) is 26.2. The molecule has 1 amide bonds. The van der Waals surface area contributed by atoms with Crippen LogP contribution in [0.1, 0.15) is 11.1 Å². The number of rotatable bonds is 7. The molecular formula is C27H27ClN4O5S. The van der Waals surface area contributed by atoms with E-state index in [-0.39, 0.29) is 16.9 Å². The largest absolute Gasteiger partial charge is 0.484 e. The zero-order chi connectivity index (χ0) is 26.7. The van der Waals surface area contributed by atoms with Crippen molar-refractivity contribution in [1.29, 1.82) is 0 Å². The molecule has 9 nitrogen and oxygen atoms in total. The summed E-state index contributed by atoms with van der Waals surface area (Å²) >= 11 is 6.58. The fourth-order valence-corrected chi connectivity index (χ4v) is 6.35. The smallest absolute Gasteiger partial charge is 0.244 e. The molecule has 0 radical (unpaired) electrons. The number of carbonyl (C=O) groups excluding carboxylic acids is 1. The van der Waals surface area contributed by atoms with Crippen LogP contribution in [0.5, 0.6) is 5.75 Å². The third-order valence-corrected chi connectivity index (χ3v) is 8.61. The van der Waals surface area contributed by atoms with Gasteiger partial charge in [-0.05, 0) is 41.5 Å². The molecule has 3 N–H and O–H groups in total. The molecule has 2 aliphatic heterocycles. The Morgan fingerprint density at radius 3 is 2.74 bits per heavy atom. The third kappa shape index (κ3) is 5.68. The van der Waals surface area contributed by atoms with Gasteiger partial charge in [-0.2, -0.15) is 4.31 Å². The summed E-state index contributed by atoms with van der Waals surface area (Å²) in [5, 5.41) is 3.18. The van der Waals surface area contributed by atoms with E-state index < -0.39 is 10.0 Å². The maximum Gasteiger partial charge on any atom is 0.244 e. The first-order chi connectivity index (χ1) is 18.3. The van der Waals surface area contributed by atoms with Gasteiger partial charge >= 0.3 is 0 Å². The van der Waals surface area contributed by atoms with Gasteiger partial charge in [0.1, 0.15) is 17.7 Å². The number of fused-ring (bicyclic) bond motifs is 1. The van der Waals surface area contributed by atoms with E-state index in [2.05, 4.69) is 10.3 Å². The number of ether oxygens (including phenoxy) is 2. The van der Waals surface area contributed by atoms with Gasteiger partial charge in [-0.3, -0.25) is 4.79 Å². The van der Waals surface area contributed by atoms with Crippen molar-refractivity contribution in [2.24, 2.45) is 0 Å². The Morgan fingerprint density at radius 1 is 1.18 bits per heavy atom. The molecule has 2 aromatic carbocycles. The van der Waals surface area contributed by atoms with E-state index in [1.807, 2.05) is 6.07 Å². The molecule has 1 unspecified atom stereocenters. The SMILES string of the molecule is Nc1ccc(CNC(=O)/C=C/C2Cc3cc(-c4ccccc4S(=O)(=O)N4CCOCC4)cc(Cl)c3O2)cn1. The maximum atomic E-state index is 13.4. The summed E-state index contributed by atoms with van der Waals surface area (Å²) in [5.74, 6) is 0.685. The molecule has 3 heterocycles. The second-order valence-corrected chi connectivity index (χ2v) is 11.3. The minimum atomic E-state index is -3.71. The minimum absolute atomic E-state index is 0.223. The Balaban J connectivity index is 1.31. The van der Waals surface area contributed by atoms with Gasteiger partial charge in [0, 0.05) is 49.5 Å². The van der Waals surface area contributed by atoms with Gasteiger partial charge in [-0.15, -0.1) is 0 Å². The van der Waals surface area contributed by atoms with Crippen molar-refractivity contribution in [2.45, 2.75) is 24.0 Å². The Bertz CT molecular complexity index is 1470. The van der Waals surface area contributed by atoms with Crippen molar-refractivity contribution >= 4 is 33.3 Å². The second kappa shape index (κ2) is 11.1. The van der Waals surface area contributed by atoms with Crippen LogP contribution in [0.2, 0.25) is 5.02 Å². The number of anilines is 1. The molecule has 3 aromatic rings. The number of nitrogens with two attached hydrogens (primary N) is 1. The number of benzene rings is 2. The van der Waals surface area contributed by atoms with Crippen molar-refractivity contribution < 1.29 is 22.7 Å². The summed E-state index contributed by atoms with van der Waals surface area (Å²) in [6.45, 7) is 1.69. The fraction of sp³-hybridized carbons (Fsp3) is 0.259. The fourth-order valence-electron chi connectivity index (χ4n) is 4.45. The van der Waals surface area contributed by atoms with Gasteiger partial charge in [-0.25, -0.2) is 13.4 Å². The molecule has 1 atom stereocenters. The van der Waals surface area contributed by atoms with Crippen LogP contribution in [0.3, 0.4) is 0 Å². The summed E-state index contributed by atoms with van der Waals surface area (Å²) < 4.78 is 39.6. The maximum absolute atomic E-state index is 13.4. The Kier molecular flexibility index (Phi) is 7.66. The van der Waals surface area contributed by atoms with Gasteiger partial charge < -0.3 is 20.5 Å². The van der Waals surface area contributed by atoms with Crippen LogP contribution in [0, 0.1) is 0 Å². The van der Waals surface area contributed by atoms with Crippen LogP contribution in [-0.2, 0) is 32.5 Å².